The van der Waals surface area contributed by atoms with Crippen molar-refractivity contribution < 1.29 is 129 Å². The molecule has 0 saturated carbocycles. The Hall–Kier alpha value is -16.6. The Morgan fingerprint density at radius 1 is 0.231 bits per heavy atom. The van der Waals surface area contributed by atoms with Crippen molar-refractivity contribution in [1.29, 1.82) is 0 Å². The third-order valence-electron chi connectivity index (χ3n) is 25.5. The van der Waals surface area contributed by atoms with Gasteiger partial charge in [-0.25, -0.2) is 0 Å². The van der Waals surface area contributed by atoms with Crippen molar-refractivity contribution >= 4 is 185 Å². The molecule has 0 spiro atoms. The van der Waals surface area contributed by atoms with Gasteiger partial charge in [0.15, 0.2) is 0 Å². The van der Waals surface area contributed by atoms with Gasteiger partial charge in [-0.2, -0.15) is 0 Å². The third kappa shape index (κ3) is 17.9. The monoisotopic (exact) mass is 2620 g/mol. The number of hydrogen-bond acceptors (Lipinski definition) is 16. The number of pyridine rings is 8. The summed E-state index contributed by atoms with van der Waals surface area (Å²) in [6.45, 7) is -2.65. The molecule has 0 radical (unpaired) electrons. The number of para-hydroxylation sites is 4. The fourth-order valence-corrected chi connectivity index (χ4v) is 18.9. The van der Waals surface area contributed by atoms with Crippen molar-refractivity contribution in [3.8, 4) is 91.0 Å². The van der Waals surface area contributed by atoms with E-state index in [1.165, 1.54) is 12.4 Å². The number of nitrogens with zero attached hydrogens (tertiary/aromatic N) is 8. The summed E-state index contributed by atoms with van der Waals surface area (Å²) in [5.74, 6) is 3.90. The van der Waals surface area contributed by atoms with Crippen LogP contribution in [0.15, 0.2) is 401 Å². The molecule has 0 saturated heterocycles. The summed E-state index contributed by atoms with van der Waals surface area (Å²) in [6, 6.07) is 135. The first kappa shape index (κ1) is 88.2. The number of aromatic nitrogens is 8. The van der Waals surface area contributed by atoms with Crippen LogP contribution in [0.3, 0.4) is 0 Å². The van der Waals surface area contributed by atoms with E-state index in [-0.39, 0.29) is 95.4 Å². The molecule has 29 rings (SSSR count). The van der Waals surface area contributed by atoms with Gasteiger partial charge in [-0.15, -0.1) is 117 Å². The van der Waals surface area contributed by atoms with Crippen LogP contribution in [0, 0.1) is 69.2 Å². The molecule has 29 aromatic rings. The molecule has 708 valence electrons. The average molecular weight is 2620 g/mol. The Morgan fingerprint density at radius 3 is 0.898 bits per heavy atom. The molecule has 0 aliphatic rings. The second-order valence-electron chi connectivity index (χ2n) is 34.4. The minimum absolute atomic E-state index is 0. The summed E-state index contributed by atoms with van der Waals surface area (Å²) >= 11 is 0. The number of ether oxygens (including phenoxy) is 4. The third-order valence-corrected chi connectivity index (χ3v) is 25.5. The summed E-state index contributed by atoms with van der Waals surface area (Å²) < 4.78 is 96.7. The van der Waals surface area contributed by atoms with Gasteiger partial charge in [0.05, 0.1) is 45.3 Å². The van der Waals surface area contributed by atoms with E-state index in [4.69, 9.17) is 44.8 Å². The molecular weight excluding hydrogens is 2550 g/mol. The Kier molecular flexibility index (Phi) is 24.3. The molecule has 0 unspecified atom stereocenters. The smallest absolute Gasteiger partial charge is 0.497 e. The quantitative estimate of drug-likeness (QED) is 0.0827. The summed E-state index contributed by atoms with van der Waals surface area (Å²) in [4.78, 5) is 36.4. The SMILES string of the molecule is [2H]C([2H])([2H])c1ccc(-c2[c-]c(Oc3[c-]c4c(ccc5cccnc54)c4c3oc3ccccc34)ccc2)nc1.[2H]C([2H])([2H])c1cnc(-c2[c-]c(Oc3[c-]c4c(ccc5cccnc54)c4c3oc3ccccc34)ccc2)cc1C.[Pt+2].[Pt+2].[Pt+2].[Pt+2].[c-]1c(Oc2[c-]c3c(ccc4cccnc43)c3c2oc2ccccc23)cccc1-c1cc2ccccc2cn1.[c-]1c(Oc2[c-]c3c(ccc4cccnc43)c3c2oc2ccccc23)cccc1-c1ccccn1. The van der Waals surface area contributed by atoms with Crippen molar-refractivity contribution in [3.05, 3.63) is 448 Å². The van der Waals surface area contributed by atoms with E-state index in [9.17, 15) is 0 Å². The van der Waals surface area contributed by atoms with Gasteiger partial charge >= 0.3 is 84.3 Å². The summed E-state index contributed by atoms with van der Waals surface area (Å²) in [6.07, 6.45) is 13.6. The Balaban J connectivity index is 0.000000114. The number of rotatable bonds is 12. The number of furan rings is 4. The Bertz CT molecular complexity index is 10500. The number of benzene rings is 17. The van der Waals surface area contributed by atoms with Gasteiger partial charge in [-0.05, 0) is 185 Å². The van der Waals surface area contributed by atoms with E-state index >= 15 is 0 Å². The van der Waals surface area contributed by atoms with Crippen LogP contribution < -0.4 is 18.9 Å². The molecule has 0 aliphatic carbocycles. The fraction of sp³-hybridized carbons (Fsp3) is 0.0236. The second kappa shape index (κ2) is 40.6. The molecule has 0 fully saturated rings. The van der Waals surface area contributed by atoms with E-state index in [1.54, 1.807) is 62.0 Å². The van der Waals surface area contributed by atoms with Crippen LogP contribution in [0.25, 0.3) is 230 Å². The standard InChI is InChI=1S/C34H18N2O2.C32H20N2O2.C31H18N2O2.C30H16N2O2.4Pt/c1-2-8-24-20-36-29(18-22(24)7-1)23-9-5-11-25(17-23)37-31-19-28-26(15-14-21-10-6-16-35-33(21)28)32-27-12-3-4-13-30(27)38-34(31)32;1-19-15-27(34-18-20(19)2)22-7-5-9-23(16-22)35-29-17-26-24(13-12-21-8-6-14-33-31(21)26)30-25-10-3-4-11-28(25)36-32(29)30;1-19-11-14-26(33-18-19)21-6-4-8-22(16-21)34-28-17-25-23(13-12-20-7-5-15-32-30(20)25)29-24-9-2-3-10-27(24)35-31(28)29;1-2-12-26-23(10-1)28-22-14-13-19-8-6-16-32-29(19)24(22)18-27(30(28)34-26)33-21-9-5-7-20(17-21)25-11-3-4-15-31-25;;;;/h1-16,18,20H;3-15,18H,1-2H3;2-15,18H,1H3;1-16H;;;;/q4*-2;4*+2/i;2D3;1D3;;;;;. The molecule has 0 aliphatic heterocycles. The zero-order valence-corrected chi connectivity index (χ0v) is 86.1. The fourth-order valence-electron chi connectivity index (χ4n) is 18.9. The number of hydrogen-bond donors (Lipinski definition) is 0. The summed E-state index contributed by atoms with van der Waals surface area (Å²) in [7, 11) is 0. The van der Waals surface area contributed by atoms with E-state index in [2.05, 4.69) is 179 Å². The molecule has 12 heterocycles. The molecule has 20 heteroatoms. The van der Waals surface area contributed by atoms with Crippen molar-refractivity contribution in [3.63, 3.8) is 0 Å². The number of aryl methyl sites for hydroxylation is 3. The Labute approximate surface area is 906 Å². The second-order valence-corrected chi connectivity index (χ2v) is 34.4. The van der Waals surface area contributed by atoms with Crippen LogP contribution in [0.2, 0.25) is 0 Å². The van der Waals surface area contributed by atoms with E-state index in [0.717, 1.165) is 185 Å². The molecule has 0 atom stereocenters. The zero-order valence-electron chi connectivity index (χ0n) is 83.0. The molecule has 17 aromatic carbocycles. The predicted molar refractivity (Wildman–Crippen MR) is 568 cm³/mol. The average Bonchev–Trinajstić information content (AvgIpc) is 1.62. The topological polar surface area (TPSA) is 193 Å². The molecule has 0 bridgehead atoms. The van der Waals surface area contributed by atoms with E-state index in [1.807, 2.05) is 225 Å². The van der Waals surface area contributed by atoms with Crippen LogP contribution in [0.4, 0.5) is 0 Å². The zero-order chi connectivity index (χ0) is 100. The first-order valence-corrected chi connectivity index (χ1v) is 46.2. The van der Waals surface area contributed by atoms with Crippen LogP contribution in [-0.2, 0) is 84.3 Å². The maximum atomic E-state index is 7.71. The van der Waals surface area contributed by atoms with Gasteiger partial charge < -0.3 is 76.5 Å². The molecule has 16 nitrogen and oxygen atoms in total. The molecule has 147 heavy (non-hydrogen) atoms. The van der Waals surface area contributed by atoms with Crippen molar-refractivity contribution in [2.75, 3.05) is 0 Å². The number of fused-ring (bicyclic) bond motifs is 29. The van der Waals surface area contributed by atoms with Crippen LogP contribution >= 0.6 is 0 Å². The molecule has 12 aromatic heterocycles. The van der Waals surface area contributed by atoms with Crippen LogP contribution in [0.5, 0.6) is 46.0 Å². The van der Waals surface area contributed by atoms with Gasteiger partial charge in [0, 0.05) is 102 Å². The normalized spacial score (nSPS) is 12.1. The van der Waals surface area contributed by atoms with E-state index < -0.39 is 13.7 Å². The summed E-state index contributed by atoms with van der Waals surface area (Å²) in [5, 5.41) is 21.7. The minimum Gasteiger partial charge on any atom is -0.497 e. The van der Waals surface area contributed by atoms with Crippen molar-refractivity contribution in [2.45, 2.75) is 20.6 Å². The van der Waals surface area contributed by atoms with Crippen LogP contribution in [-0.4, -0.2) is 39.9 Å². The maximum absolute atomic E-state index is 7.71. The van der Waals surface area contributed by atoms with E-state index in [0.29, 0.717) is 96.4 Å². The minimum atomic E-state index is -2.22. The molecular formula is C127H72N8O8Pt4. The van der Waals surface area contributed by atoms with Gasteiger partial charge in [0.25, 0.3) is 0 Å². The predicted octanol–water partition coefficient (Wildman–Crippen LogP) is 33.0. The molecule has 0 amide bonds. The Morgan fingerprint density at radius 2 is 0.551 bits per heavy atom. The van der Waals surface area contributed by atoms with Crippen molar-refractivity contribution in [2.24, 2.45) is 0 Å². The van der Waals surface area contributed by atoms with Gasteiger partial charge in [0.1, 0.15) is 22.3 Å². The van der Waals surface area contributed by atoms with Gasteiger partial charge in [-0.3, -0.25) is 0 Å². The first-order chi connectivity index (χ1) is 73.0. The molecule has 0 N–H and O–H groups in total. The van der Waals surface area contributed by atoms with Crippen LogP contribution in [0.1, 0.15) is 24.9 Å². The summed E-state index contributed by atoms with van der Waals surface area (Å²) in [5.41, 5.74) is 16.0. The maximum Gasteiger partial charge on any atom is 2.00 e. The first-order valence-electron chi connectivity index (χ1n) is 49.2. The van der Waals surface area contributed by atoms with Gasteiger partial charge in [0.2, 0.25) is 0 Å². The van der Waals surface area contributed by atoms with Gasteiger partial charge in [-0.1, -0.05) is 282 Å². The largest absolute Gasteiger partial charge is 2.00 e. The van der Waals surface area contributed by atoms with Crippen molar-refractivity contribution in [1.82, 2.24) is 39.9 Å².